The second kappa shape index (κ2) is 1.65. The lowest BCUT2D eigenvalue weighted by Crippen LogP contribution is -1.91. The van der Waals surface area contributed by atoms with Crippen molar-refractivity contribution in [3.63, 3.8) is 0 Å². The van der Waals surface area contributed by atoms with Gasteiger partial charge in [-0.2, -0.15) is 10.6 Å². The first-order valence-electron chi connectivity index (χ1n) is 2.30. The van der Waals surface area contributed by atoms with E-state index in [2.05, 4.69) is 0 Å². The van der Waals surface area contributed by atoms with E-state index in [4.69, 9.17) is 9.11 Å². The summed E-state index contributed by atoms with van der Waals surface area (Å²) in [4.78, 5) is 0. The van der Waals surface area contributed by atoms with Crippen LogP contribution < -0.4 is 0 Å². The van der Waals surface area contributed by atoms with E-state index in [1.807, 2.05) is 0 Å². The van der Waals surface area contributed by atoms with Crippen LogP contribution in [0.2, 0.25) is 0 Å². The molecule has 0 aromatic carbocycles. The summed E-state index contributed by atoms with van der Waals surface area (Å²) >= 11 is 0. The fourth-order valence-corrected chi connectivity index (χ4v) is 1.95. The lowest BCUT2D eigenvalue weighted by atomic mass is 10.4. The Kier molecular flexibility index (Phi) is 1.28. The quantitative estimate of drug-likeness (QED) is 0.512. The Balaban J connectivity index is 2.40. The van der Waals surface area contributed by atoms with Gasteiger partial charge in [-0.15, -0.1) is 0 Å². The fraction of sp³-hybridized carbons (Fsp3) is 0.750. The van der Waals surface area contributed by atoms with Crippen LogP contribution in [0.1, 0.15) is 12.8 Å². The Labute approximate surface area is 44.9 Å². The highest BCUT2D eigenvalue weighted by atomic mass is 32.3. The van der Waals surface area contributed by atoms with Crippen molar-refractivity contribution in [1.82, 2.24) is 0 Å². The summed E-state index contributed by atoms with van der Waals surface area (Å²) in [5, 5.41) is 0. The third-order valence-corrected chi connectivity index (χ3v) is 2.69. The summed E-state index contributed by atoms with van der Waals surface area (Å²) in [7, 11) is -2.17. The maximum absolute atomic E-state index is 8.78. The molecule has 0 amide bonds. The molecule has 1 aliphatic rings. The van der Waals surface area contributed by atoms with Crippen LogP contribution in [0.15, 0.2) is 0 Å². The van der Waals surface area contributed by atoms with E-state index in [1.54, 1.807) is 5.75 Å². The highest BCUT2D eigenvalue weighted by Crippen LogP contribution is 2.49. The van der Waals surface area contributed by atoms with Gasteiger partial charge in [0.15, 0.2) is 0 Å². The molecule has 0 saturated carbocycles. The molecule has 0 unspecified atom stereocenters. The Hall–Kier alpha value is 0.270. The van der Waals surface area contributed by atoms with Crippen molar-refractivity contribution >= 4 is 10.6 Å². The van der Waals surface area contributed by atoms with Crippen molar-refractivity contribution in [3.05, 3.63) is 5.75 Å². The van der Waals surface area contributed by atoms with Crippen molar-refractivity contribution in [2.45, 2.75) is 12.8 Å². The predicted octanol–water partition coefficient (Wildman–Crippen LogP) is 1.69. The van der Waals surface area contributed by atoms with Crippen LogP contribution in [0.3, 0.4) is 0 Å². The molecule has 1 rings (SSSR count). The van der Waals surface area contributed by atoms with Crippen LogP contribution >= 0.6 is 10.6 Å². The van der Waals surface area contributed by atoms with E-state index in [9.17, 15) is 0 Å². The first-order chi connectivity index (χ1) is 3.21. The SMILES string of the molecule is OS1(O)[CH]CCC1. The molecule has 2 N–H and O–H groups in total. The third-order valence-electron chi connectivity index (χ3n) is 1.03. The Bertz CT molecular complexity index is 64.1. The van der Waals surface area contributed by atoms with Gasteiger partial charge in [0, 0.05) is 5.75 Å². The van der Waals surface area contributed by atoms with Crippen molar-refractivity contribution < 1.29 is 9.11 Å². The van der Waals surface area contributed by atoms with Gasteiger partial charge in [0.05, 0.1) is 5.75 Å². The zero-order valence-electron chi connectivity index (χ0n) is 4.00. The van der Waals surface area contributed by atoms with Gasteiger partial charge in [0.1, 0.15) is 0 Å². The van der Waals surface area contributed by atoms with Gasteiger partial charge in [-0.05, 0) is 12.8 Å². The molecule has 1 aliphatic heterocycles. The van der Waals surface area contributed by atoms with Gasteiger partial charge in [0.2, 0.25) is 0 Å². The molecule has 0 aromatic rings. The molecule has 1 heterocycles. The largest absolute Gasteiger partial charge is 0.299 e. The zero-order valence-corrected chi connectivity index (χ0v) is 4.82. The Morgan fingerprint density at radius 3 is 2.29 bits per heavy atom. The normalized spacial score (nSPS) is 32.9. The lowest BCUT2D eigenvalue weighted by Gasteiger charge is -2.23. The van der Waals surface area contributed by atoms with E-state index >= 15 is 0 Å². The van der Waals surface area contributed by atoms with Gasteiger partial charge < -0.3 is 0 Å². The van der Waals surface area contributed by atoms with Crippen molar-refractivity contribution in [2.75, 3.05) is 5.75 Å². The number of rotatable bonds is 0. The van der Waals surface area contributed by atoms with Crippen LogP contribution in [0.25, 0.3) is 0 Å². The van der Waals surface area contributed by atoms with Gasteiger partial charge in [-0.1, -0.05) is 0 Å². The van der Waals surface area contributed by atoms with Gasteiger partial charge in [0.25, 0.3) is 0 Å². The summed E-state index contributed by atoms with van der Waals surface area (Å²) in [6.45, 7) is 0. The number of hydrogen-bond donors (Lipinski definition) is 2. The van der Waals surface area contributed by atoms with Crippen LogP contribution in [-0.2, 0) is 0 Å². The average molecular weight is 121 g/mol. The monoisotopic (exact) mass is 121 g/mol. The molecule has 43 valence electrons. The van der Waals surface area contributed by atoms with E-state index in [0.717, 1.165) is 12.8 Å². The summed E-state index contributed by atoms with van der Waals surface area (Å²) in [6.07, 6.45) is 1.82. The molecule has 7 heavy (non-hydrogen) atoms. The van der Waals surface area contributed by atoms with Gasteiger partial charge in [-0.3, -0.25) is 9.11 Å². The van der Waals surface area contributed by atoms with Gasteiger partial charge >= 0.3 is 0 Å². The predicted molar refractivity (Wildman–Crippen MR) is 31.2 cm³/mol. The van der Waals surface area contributed by atoms with Gasteiger partial charge in [-0.25, -0.2) is 0 Å². The Morgan fingerprint density at radius 1 is 1.43 bits per heavy atom. The third kappa shape index (κ3) is 1.33. The standard InChI is InChI=1S/C4H9O2S/c5-7(6)3-1-2-4-7/h3,5-6H,1-2,4H2. The van der Waals surface area contributed by atoms with Crippen LogP contribution in [0.4, 0.5) is 0 Å². The Morgan fingerprint density at radius 2 is 2.14 bits per heavy atom. The summed E-state index contributed by atoms with van der Waals surface area (Å²) < 4.78 is 17.6. The van der Waals surface area contributed by atoms with Crippen molar-refractivity contribution in [2.24, 2.45) is 0 Å². The molecule has 1 saturated heterocycles. The zero-order chi connectivity index (χ0) is 5.33. The molecule has 0 spiro atoms. The van der Waals surface area contributed by atoms with Crippen LogP contribution in [0, 0.1) is 5.75 Å². The van der Waals surface area contributed by atoms with Crippen molar-refractivity contribution in [3.8, 4) is 0 Å². The van der Waals surface area contributed by atoms with E-state index in [-0.39, 0.29) is 0 Å². The fourth-order valence-electron chi connectivity index (χ4n) is 0.651. The van der Waals surface area contributed by atoms with Crippen molar-refractivity contribution in [1.29, 1.82) is 0 Å². The summed E-state index contributed by atoms with van der Waals surface area (Å²) in [5.74, 6) is 2.21. The molecule has 0 bridgehead atoms. The molecule has 1 fully saturated rings. The molecule has 2 nitrogen and oxygen atoms in total. The second-order valence-corrected chi connectivity index (χ2v) is 3.91. The highest BCUT2D eigenvalue weighted by Gasteiger charge is 2.17. The summed E-state index contributed by atoms with van der Waals surface area (Å²) in [6, 6.07) is 0. The minimum Gasteiger partial charge on any atom is -0.299 e. The molecule has 0 aromatic heterocycles. The van der Waals surface area contributed by atoms with Crippen LogP contribution in [-0.4, -0.2) is 14.9 Å². The molecule has 1 radical (unpaired) electrons. The lowest BCUT2D eigenvalue weighted by molar-refractivity contribution is 0.500. The smallest absolute Gasteiger partial charge is 0.0687 e. The van der Waals surface area contributed by atoms with E-state index in [0.29, 0.717) is 5.75 Å². The number of hydrogen-bond acceptors (Lipinski definition) is 2. The maximum Gasteiger partial charge on any atom is 0.0687 e. The summed E-state index contributed by atoms with van der Waals surface area (Å²) in [5.41, 5.74) is 0. The maximum atomic E-state index is 8.78. The first-order valence-corrected chi connectivity index (χ1v) is 4.08. The molecular weight excluding hydrogens is 112 g/mol. The molecule has 3 heteroatoms. The van der Waals surface area contributed by atoms with E-state index < -0.39 is 10.6 Å². The molecule has 0 aliphatic carbocycles. The highest BCUT2D eigenvalue weighted by molar-refractivity contribution is 8.26. The van der Waals surface area contributed by atoms with E-state index in [1.165, 1.54) is 0 Å². The second-order valence-electron chi connectivity index (χ2n) is 1.73. The topological polar surface area (TPSA) is 40.5 Å². The first kappa shape index (κ1) is 5.41. The molecular formula is C4H9O2S. The average Bonchev–Trinajstić information content (AvgIpc) is 1.84. The molecule has 0 atom stereocenters. The minimum atomic E-state index is -2.17. The van der Waals surface area contributed by atoms with Crippen LogP contribution in [0.5, 0.6) is 0 Å². The minimum absolute atomic E-state index is 0.590.